The van der Waals surface area contributed by atoms with Gasteiger partial charge >= 0.3 is 0 Å². The summed E-state index contributed by atoms with van der Waals surface area (Å²) in [7, 11) is -3.42. The van der Waals surface area contributed by atoms with E-state index in [2.05, 4.69) is 9.69 Å². The number of aromatic nitrogens is 1. The molecule has 128 valence electrons. The van der Waals surface area contributed by atoms with Gasteiger partial charge in [0.05, 0.1) is 21.4 Å². The second-order valence-electron chi connectivity index (χ2n) is 5.65. The van der Waals surface area contributed by atoms with Crippen LogP contribution in [0.3, 0.4) is 0 Å². The first-order chi connectivity index (χ1) is 11.5. The summed E-state index contributed by atoms with van der Waals surface area (Å²) in [5.74, 6) is -0.290. The summed E-state index contributed by atoms with van der Waals surface area (Å²) in [5.41, 5.74) is 1.61. The Morgan fingerprint density at radius 2 is 2.08 bits per heavy atom. The van der Waals surface area contributed by atoms with E-state index in [4.69, 9.17) is 4.74 Å². The number of anilines is 1. The lowest BCUT2D eigenvalue weighted by atomic mass is 10.2. The van der Waals surface area contributed by atoms with Crippen molar-refractivity contribution in [1.82, 2.24) is 4.37 Å². The SMILES string of the molecule is Cc1nscc1C(=O)Nc1cccc(S(=O)(=O)C2CCOCC2)c1. The minimum atomic E-state index is -3.42. The van der Waals surface area contributed by atoms with E-state index in [1.54, 1.807) is 30.5 Å². The molecular formula is C16H18N2O4S2. The number of benzene rings is 1. The number of aryl methyl sites for hydroxylation is 1. The number of nitrogens with one attached hydrogen (secondary N) is 1. The fourth-order valence-corrected chi connectivity index (χ4v) is 5.09. The van der Waals surface area contributed by atoms with Gasteiger partial charge in [0.2, 0.25) is 0 Å². The van der Waals surface area contributed by atoms with Gasteiger partial charge in [-0.2, -0.15) is 4.37 Å². The highest BCUT2D eigenvalue weighted by Crippen LogP contribution is 2.25. The predicted octanol–water partition coefficient (Wildman–Crippen LogP) is 2.66. The average molecular weight is 366 g/mol. The van der Waals surface area contributed by atoms with E-state index in [0.717, 1.165) is 0 Å². The van der Waals surface area contributed by atoms with Gasteiger partial charge in [-0.15, -0.1) is 0 Å². The summed E-state index contributed by atoms with van der Waals surface area (Å²) in [6.07, 6.45) is 0.997. The quantitative estimate of drug-likeness (QED) is 0.899. The smallest absolute Gasteiger partial charge is 0.258 e. The Labute approximate surface area is 144 Å². The summed E-state index contributed by atoms with van der Waals surface area (Å²) < 4.78 is 34.8. The zero-order valence-corrected chi connectivity index (χ0v) is 14.8. The van der Waals surface area contributed by atoms with E-state index >= 15 is 0 Å². The number of ether oxygens (including phenoxy) is 1. The van der Waals surface area contributed by atoms with Gasteiger partial charge in [-0.3, -0.25) is 4.79 Å². The second-order valence-corrected chi connectivity index (χ2v) is 8.51. The van der Waals surface area contributed by atoms with Crippen LogP contribution in [0.1, 0.15) is 28.9 Å². The lowest BCUT2D eigenvalue weighted by Gasteiger charge is -2.22. The molecule has 3 rings (SSSR count). The summed E-state index contributed by atoms with van der Waals surface area (Å²) in [4.78, 5) is 12.5. The van der Waals surface area contributed by atoms with Gasteiger partial charge in [0.25, 0.3) is 5.91 Å². The molecule has 1 aliphatic heterocycles. The highest BCUT2D eigenvalue weighted by molar-refractivity contribution is 7.92. The van der Waals surface area contributed by atoms with Crippen LogP contribution in [0.5, 0.6) is 0 Å². The lowest BCUT2D eigenvalue weighted by molar-refractivity contribution is 0.0983. The Bertz CT molecular complexity index is 839. The Hall–Kier alpha value is -1.77. The summed E-state index contributed by atoms with van der Waals surface area (Å²) in [5, 5.41) is 3.98. The molecule has 0 spiro atoms. The van der Waals surface area contributed by atoms with Crippen LogP contribution in [-0.2, 0) is 14.6 Å². The van der Waals surface area contributed by atoms with Crippen LogP contribution in [0.25, 0.3) is 0 Å². The third-order valence-electron chi connectivity index (χ3n) is 4.02. The molecule has 6 nitrogen and oxygen atoms in total. The van der Waals surface area contributed by atoms with Crippen molar-refractivity contribution in [2.75, 3.05) is 18.5 Å². The van der Waals surface area contributed by atoms with Crippen molar-refractivity contribution < 1.29 is 17.9 Å². The molecule has 0 aliphatic carbocycles. The van der Waals surface area contributed by atoms with Crippen LogP contribution in [0.2, 0.25) is 0 Å². The Morgan fingerprint density at radius 1 is 1.33 bits per heavy atom. The molecule has 0 saturated carbocycles. The molecule has 0 atom stereocenters. The number of rotatable bonds is 4. The van der Waals surface area contributed by atoms with Crippen LogP contribution < -0.4 is 5.32 Å². The van der Waals surface area contributed by atoms with Crippen molar-refractivity contribution in [3.8, 4) is 0 Å². The molecular weight excluding hydrogens is 348 g/mol. The molecule has 0 bridgehead atoms. The Morgan fingerprint density at radius 3 is 2.75 bits per heavy atom. The number of carbonyl (C=O) groups excluding carboxylic acids is 1. The zero-order chi connectivity index (χ0) is 17.2. The van der Waals surface area contributed by atoms with Gasteiger partial charge < -0.3 is 10.1 Å². The molecule has 8 heteroatoms. The van der Waals surface area contributed by atoms with Crippen LogP contribution in [0, 0.1) is 6.92 Å². The molecule has 1 fully saturated rings. The molecule has 1 amide bonds. The van der Waals surface area contributed by atoms with Gasteiger partial charge in [-0.25, -0.2) is 8.42 Å². The highest BCUT2D eigenvalue weighted by atomic mass is 32.2. The average Bonchev–Trinajstić information content (AvgIpc) is 3.02. The molecule has 1 aliphatic rings. The standard InChI is InChI=1S/C16H18N2O4S2/c1-11-15(10-23-18-11)16(19)17-12-3-2-4-14(9-12)24(20,21)13-5-7-22-8-6-13/h2-4,9-10,13H,5-8H2,1H3,(H,17,19). The monoisotopic (exact) mass is 366 g/mol. The predicted molar refractivity (Wildman–Crippen MR) is 92.3 cm³/mol. The Kier molecular flexibility index (Phi) is 4.98. The van der Waals surface area contributed by atoms with Crippen molar-refractivity contribution in [3.63, 3.8) is 0 Å². The number of hydrogen-bond donors (Lipinski definition) is 1. The molecule has 1 N–H and O–H groups in total. The van der Waals surface area contributed by atoms with Crippen molar-refractivity contribution in [2.24, 2.45) is 0 Å². The molecule has 1 aromatic heterocycles. The minimum absolute atomic E-state index is 0.229. The zero-order valence-electron chi connectivity index (χ0n) is 13.2. The number of carbonyl (C=O) groups is 1. The molecule has 0 unspecified atom stereocenters. The van der Waals surface area contributed by atoms with Crippen LogP contribution >= 0.6 is 11.5 Å². The lowest BCUT2D eigenvalue weighted by Crippen LogP contribution is -2.29. The molecule has 2 heterocycles. The van der Waals surface area contributed by atoms with E-state index in [-0.39, 0.29) is 10.8 Å². The van der Waals surface area contributed by atoms with E-state index in [9.17, 15) is 13.2 Å². The fraction of sp³-hybridized carbons (Fsp3) is 0.375. The third-order valence-corrected chi connectivity index (χ3v) is 7.00. The van der Waals surface area contributed by atoms with Crippen LogP contribution in [-0.4, -0.2) is 37.2 Å². The largest absolute Gasteiger partial charge is 0.381 e. The maximum absolute atomic E-state index is 12.7. The van der Waals surface area contributed by atoms with Crippen molar-refractivity contribution >= 4 is 33.0 Å². The summed E-state index contributed by atoms with van der Waals surface area (Å²) >= 11 is 1.21. The first-order valence-corrected chi connectivity index (χ1v) is 10.0. The van der Waals surface area contributed by atoms with Crippen molar-refractivity contribution in [3.05, 3.63) is 40.9 Å². The number of nitrogens with zero attached hydrogens (tertiary/aromatic N) is 1. The second kappa shape index (κ2) is 7.00. The summed E-state index contributed by atoms with van der Waals surface area (Å²) in [6, 6.07) is 6.40. The maximum atomic E-state index is 12.7. The number of sulfone groups is 1. The molecule has 0 radical (unpaired) electrons. The van der Waals surface area contributed by atoms with Gasteiger partial charge in [-0.1, -0.05) is 6.07 Å². The van der Waals surface area contributed by atoms with E-state index in [1.807, 2.05) is 0 Å². The van der Waals surface area contributed by atoms with Gasteiger partial charge in [0, 0.05) is 24.3 Å². The summed E-state index contributed by atoms with van der Waals surface area (Å²) in [6.45, 7) is 2.69. The molecule has 24 heavy (non-hydrogen) atoms. The van der Waals surface area contributed by atoms with Gasteiger partial charge in [0.1, 0.15) is 0 Å². The maximum Gasteiger partial charge on any atom is 0.258 e. The third kappa shape index (κ3) is 3.50. The fourth-order valence-electron chi connectivity index (χ4n) is 2.64. The van der Waals surface area contributed by atoms with Crippen molar-refractivity contribution in [1.29, 1.82) is 0 Å². The topological polar surface area (TPSA) is 85.4 Å². The Balaban J connectivity index is 1.81. The van der Waals surface area contributed by atoms with Crippen molar-refractivity contribution in [2.45, 2.75) is 29.9 Å². The highest BCUT2D eigenvalue weighted by Gasteiger charge is 2.29. The van der Waals surface area contributed by atoms with Gasteiger partial charge in [-0.05, 0) is 49.5 Å². The molecule has 2 aromatic rings. The number of hydrogen-bond acceptors (Lipinski definition) is 6. The van der Waals surface area contributed by atoms with Gasteiger partial charge in [0.15, 0.2) is 9.84 Å². The van der Waals surface area contributed by atoms with E-state index in [0.29, 0.717) is 43.0 Å². The van der Waals surface area contributed by atoms with E-state index < -0.39 is 15.1 Å². The van der Waals surface area contributed by atoms with Crippen LogP contribution in [0.4, 0.5) is 5.69 Å². The normalized spacial score (nSPS) is 16.0. The van der Waals surface area contributed by atoms with E-state index in [1.165, 1.54) is 17.6 Å². The first kappa shape index (κ1) is 17.1. The minimum Gasteiger partial charge on any atom is -0.381 e. The van der Waals surface area contributed by atoms with Crippen LogP contribution in [0.15, 0.2) is 34.5 Å². The first-order valence-electron chi connectivity index (χ1n) is 7.62. The number of amides is 1. The molecule has 1 aromatic carbocycles. The molecule has 1 saturated heterocycles.